The van der Waals surface area contributed by atoms with E-state index in [1.807, 2.05) is 19.3 Å². The number of hydrogen-bond donors (Lipinski definition) is 0. The quantitative estimate of drug-likeness (QED) is 0.682. The van der Waals surface area contributed by atoms with Gasteiger partial charge in [-0.2, -0.15) is 0 Å². The molecule has 0 aliphatic rings. The number of pyridine rings is 1. The zero-order chi connectivity index (χ0) is 8.72. The van der Waals surface area contributed by atoms with Crippen LogP contribution in [-0.2, 0) is 7.05 Å². The van der Waals surface area contributed by atoms with E-state index in [1.165, 1.54) is 0 Å². The van der Waals surface area contributed by atoms with E-state index in [4.69, 9.17) is 0 Å². The Morgan fingerprint density at radius 3 is 2.83 bits per heavy atom. The van der Waals surface area contributed by atoms with Crippen molar-refractivity contribution in [2.45, 2.75) is 0 Å². The monoisotopic (exact) mass is 288 g/mol. The Morgan fingerprint density at radius 1 is 1.42 bits per heavy atom. The minimum absolute atomic E-state index is 0.890. The zero-order valence-electron chi connectivity index (χ0n) is 6.38. The molecule has 62 valence electrons. The molecule has 0 radical (unpaired) electrons. The Balaban J connectivity index is 2.98. The Hall–Kier alpha value is -0.350. The van der Waals surface area contributed by atoms with Gasteiger partial charge in [0, 0.05) is 24.8 Å². The van der Waals surface area contributed by atoms with Crippen LogP contribution in [0.1, 0.15) is 0 Å². The van der Waals surface area contributed by atoms with Crippen molar-refractivity contribution in [1.29, 1.82) is 0 Å². The standard InChI is InChI=1S/C8H6Br2N2/c1-12-3-2-5-7(12)6(9)4-11-8(5)10/h2-4H,1H3. The SMILES string of the molecule is Cn1ccc2c(Br)ncc(Br)c21. The van der Waals surface area contributed by atoms with Crippen LogP contribution in [0.15, 0.2) is 27.5 Å². The van der Waals surface area contributed by atoms with E-state index in [-0.39, 0.29) is 0 Å². The van der Waals surface area contributed by atoms with Crippen molar-refractivity contribution in [2.75, 3.05) is 0 Å². The van der Waals surface area contributed by atoms with Crippen LogP contribution in [0.5, 0.6) is 0 Å². The highest BCUT2D eigenvalue weighted by molar-refractivity contribution is 9.11. The number of aromatic nitrogens is 2. The summed E-state index contributed by atoms with van der Waals surface area (Å²) in [4.78, 5) is 4.18. The molecule has 2 nitrogen and oxygen atoms in total. The third kappa shape index (κ3) is 1.10. The predicted octanol–water partition coefficient (Wildman–Crippen LogP) is 3.10. The van der Waals surface area contributed by atoms with Gasteiger partial charge in [-0.15, -0.1) is 0 Å². The molecule has 2 rings (SSSR count). The molecule has 0 atom stereocenters. The summed E-state index contributed by atoms with van der Waals surface area (Å²) < 4.78 is 3.97. The first-order valence-corrected chi connectivity index (χ1v) is 5.04. The van der Waals surface area contributed by atoms with E-state index in [1.54, 1.807) is 6.20 Å². The van der Waals surface area contributed by atoms with Gasteiger partial charge in [-0.3, -0.25) is 0 Å². The van der Waals surface area contributed by atoms with E-state index in [9.17, 15) is 0 Å². The molecular formula is C8H6Br2N2. The molecule has 12 heavy (non-hydrogen) atoms. The summed E-state index contributed by atoms with van der Waals surface area (Å²) >= 11 is 6.86. The summed E-state index contributed by atoms with van der Waals surface area (Å²) in [6.45, 7) is 0. The molecular weight excluding hydrogens is 284 g/mol. The van der Waals surface area contributed by atoms with Gasteiger partial charge in [-0.1, -0.05) is 0 Å². The van der Waals surface area contributed by atoms with Crippen LogP contribution in [0.25, 0.3) is 10.9 Å². The maximum atomic E-state index is 4.18. The highest BCUT2D eigenvalue weighted by Crippen LogP contribution is 2.28. The molecule has 0 N–H and O–H groups in total. The van der Waals surface area contributed by atoms with Crippen LogP contribution in [0, 0.1) is 0 Å². The van der Waals surface area contributed by atoms with Crippen LogP contribution in [0.4, 0.5) is 0 Å². The van der Waals surface area contributed by atoms with Crippen molar-refractivity contribution in [3.63, 3.8) is 0 Å². The minimum atomic E-state index is 0.890. The highest BCUT2D eigenvalue weighted by atomic mass is 79.9. The van der Waals surface area contributed by atoms with Gasteiger partial charge in [0.25, 0.3) is 0 Å². The van der Waals surface area contributed by atoms with Gasteiger partial charge < -0.3 is 4.57 Å². The lowest BCUT2D eigenvalue weighted by atomic mass is 10.3. The first kappa shape index (κ1) is 8.26. The number of aryl methyl sites for hydroxylation is 1. The fraction of sp³-hybridized carbons (Fsp3) is 0.125. The molecule has 4 heteroatoms. The topological polar surface area (TPSA) is 17.8 Å². The van der Waals surface area contributed by atoms with Gasteiger partial charge in [0.05, 0.1) is 9.99 Å². The third-order valence-electron chi connectivity index (χ3n) is 1.81. The molecule has 2 aromatic heterocycles. The molecule has 0 saturated carbocycles. The Bertz CT molecular complexity index is 434. The van der Waals surface area contributed by atoms with Gasteiger partial charge in [0.15, 0.2) is 0 Å². The average molecular weight is 290 g/mol. The second kappa shape index (κ2) is 2.85. The molecule has 2 heterocycles. The molecule has 0 saturated heterocycles. The van der Waals surface area contributed by atoms with Crippen molar-refractivity contribution in [3.8, 4) is 0 Å². The Labute approximate surface area is 86.9 Å². The van der Waals surface area contributed by atoms with Crippen molar-refractivity contribution in [1.82, 2.24) is 9.55 Å². The lowest BCUT2D eigenvalue weighted by Gasteiger charge is -1.99. The first-order valence-electron chi connectivity index (χ1n) is 3.45. The molecule has 0 spiro atoms. The summed E-state index contributed by atoms with van der Waals surface area (Å²) in [5, 5.41) is 1.13. The van der Waals surface area contributed by atoms with E-state index >= 15 is 0 Å². The van der Waals surface area contributed by atoms with E-state index < -0.39 is 0 Å². The van der Waals surface area contributed by atoms with Gasteiger partial charge >= 0.3 is 0 Å². The van der Waals surface area contributed by atoms with E-state index in [0.717, 1.165) is 20.0 Å². The molecule has 0 unspecified atom stereocenters. The molecule has 0 bridgehead atoms. The Kier molecular flexibility index (Phi) is 1.96. The third-order valence-corrected chi connectivity index (χ3v) is 3.02. The molecule has 0 aliphatic carbocycles. The lowest BCUT2D eigenvalue weighted by Crippen LogP contribution is -1.86. The van der Waals surface area contributed by atoms with Gasteiger partial charge in [-0.05, 0) is 37.9 Å². The van der Waals surface area contributed by atoms with Crippen molar-refractivity contribution in [2.24, 2.45) is 7.05 Å². The maximum Gasteiger partial charge on any atom is 0.115 e. The fourth-order valence-corrected chi connectivity index (χ4v) is 2.26. The molecule has 2 aromatic rings. The van der Waals surface area contributed by atoms with Crippen molar-refractivity contribution in [3.05, 3.63) is 27.5 Å². The molecule has 0 aromatic carbocycles. The summed E-state index contributed by atoms with van der Waals surface area (Å²) in [5.41, 5.74) is 1.16. The summed E-state index contributed by atoms with van der Waals surface area (Å²) in [5.74, 6) is 0. The minimum Gasteiger partial charge on any atom is -0.350 e. The average Bonchev–Trinajstić information content (AvgIpc) is 2.42. The number of fused-ring (bicyclic) bond motifs is 1. The largest absolute Gasteiger partial charge is 0.350 e. The molecule has 0 fully saturated rings. The number of nitrogens with zero attached hydrogens (tertiary/aromatic N) is 2. The highest BCUT2D eigenvalue weighted by Gasteiger charge is 2.05. The van der Waals surface area contributed by atoms with E-state index in [2.05, 4.69) is 41.4 Å². The second-order valence-corrected chi connectivity index (χ2v) is 4.19. The van der Waals surface area contributed by atoms with Crippen LogP contribution >= 0.6 is 31.9 Å². The van der Waals surface area contributed by atoms with Crippen LogP contribution in [-0.4, -0.2) is 9.55 Å². The molecule has 0 aliphatic heterocycles. The molecule has 0 amide bonds. The van der Waals surface area contributed by atoms with Crippen molar-refractivity contribution >= 4 is 42.8 Å². The Morgan fingerprint density at radius 2 is 2.17 bits per heavy atom. The number of hydrogen-bond acceptors (Lipinski definition) is 1. The van der Waals surface area contributed by atoms with Crippen LogP contribution in [0.2, 0.25) is 0 Å². The lowest BCUT2D eigenvalue weighted by molar-refractivity contribution is 0.965. The van der Waals surface area contributed by atoms with E-state index in [0.29, 0.717) is 0 Å². The summed E-state index contributed by atoms with van der Waals surface area (Å²) in [7, 11) is 2.01. The van der Waals surface area contributed by atoms with Gasteiger partial charge in [-0.25, -0.2) is 4.98 Å². The zero-order valence-corrected chi connectivity index (χ0v) is 9.55. The fourth-order valence-electron chi connectivity index (χ4n) is 1.24. The number of rotatable bonds is 0. The summed E-state index contributed by atoms with van der Waals surface area (Å²) in [6, 6.07) is 2.04. The van der Waals surface area contributed by atoms with Crippen LogP contribution in [0.3, 0.4) is 0 Å². The van der Waals surface area contributed by atoms with Gasteiger partial charge in [0.2, 0.25) is 0 Å². The summed E-state index contributed by atoms with van der Waals surface area (Å²) in [6.07, 6.45) is 3.81. The normalized spacial score (nSPS) is 10.9. The van der Waals surface area contributed by atoms with Crippen LogP contribution < -0.4 is 0 Å². The second-order valence-electron chi connectivity index (χ2n) is 2.59. The predicted molar refractivity (Wildman–Crippen MR) is 56.1 cm³/mol. The maximum absolute atomic E-state index is 4.18. The smallest absolute Gasteiger partial charge is 0.115 e. The number of halogens is 2. The van der Waals surface area contributed by atoms with Crippen molar-refractivity contribution < 1.29 is 0 Å². The first-order chi connectivity index (χ1) is 5.70. The van der Waals surface area contributed by atoms with Gasteiger partial charge in [0.1, 0.15) is 4.60 Å².